The fourth-order valence-corrected chi connectivity index (χ4v) is 2.54. The van der Waals surface area contributed by atoms with Crippen LogP contribution in [0.4, 0.5) is 11.4 Å². The van der Waals surface area contributed by atoms with Crippen LogP contribution < -0.4 is 15.4 Å². The molecule has 144 valence electrons. The van der Waals surface area contributed by atoms with Gasteiger partial charge in [-0.2, -0.15) is 0 Å². The first-order valence-electron chi connectivity index (χ1n) is 9.22. The van der Waals surface area contributed by atoms with Gasteiger partial charge in [-0.3, -0.25) is 9.59 Å². The number of carbonyl (C=O) groups excluding carboxylic acids is 2. The molecule has 5 nitrogen and oxygen atoms in total. The molecule has 27 heavy (non-hydrogen) atoms. The van der Waals surface area contributed by atoms with E-state index in [4.69, 9.17) is 4.74 Å². The van der Waals surface area contributed by atoms with Crippen LogP contribution in [0.25, 0.3) is 0 Å². The summed E-state index contributed by atoms with van der Waals surface area (Å²) in [6.07, 6.45) is 0.771. The monoisotopic (exact) mass is 368 g/mol. The number of benzene rings is 2. The van der Waals surface area contributed by atoms with E-state index in [0.29, 0.717) is 11.4 Å². The van der Waals surface area contributed by atoms with Gasteiger partial charge in [-0.1, -0.05) is 37.3 Å². The Morgan fingerprint density at radius 1 is 0.926 bits per heavy atom. The summed E-state index contributed by atoms with van der Waals surface area (Å²) in [7, 11) is 0. The van der Waals surface area contributed by atoms with E-state index in [2.05, 4.69) is 10.6 Å². The highest BCUT2D eigenvalue weighted by atomic mass is 16.5. The predicted molar refractivity (Wildman–Crippen MR) is 109 cm³/mol. The Kier molecular flexibility index (Phi) is 6.61. The van der Waals surface area contributed by atoms with Crippen LogP contribution in [0.5, 0.6) is 5.75 Å². The molecular formula is C22H28N2O3. The van der Waals surface area contributed by atoms with Gasteiger partial charge in [0.2, 0.25) is 11.8 Å². The summed E-state index contributed by atoms with van der Waals surface area (Å²) < 4.78 is 5.73. The van der Waals surface area contributed by atoms with Crippen molar-refractivity contribution < 1.29 is 14.3 Å². The summed E-state index contributed by atoms with van der Waals surface area (Å²) in [5, 5.41) is 5.71. The standard InChI is InChI=1S/C22H28N2O3/c1-6-16-11-7-8-12-17(16)23-20(25)22(4,5)21(26)24-18-13-9-10-14-19(18)27-15(2)3/h7-15H,6H2,1-5H3,(H,23,25)(H,24,26). The second-order valence-corrected chi connectivity index (χ2v) is 7.21. The van der Waals surface area contributed by atoms with E-state index in [1.807, 2.05) is 57.2 Å². The zero-order valence-electron chi connectivity index (χ0n) is 16.6. The Bertz CT molecular complexity index is 813. The normalized spacial score (nSPS) is 11.2. The first-order chi connectivity index (χ1) is 12.8. The summed E-state index contributed by atoms with van der Waals surface area (Å²) in [5.41, 5.74) is 1.05. The van der Waals surface area contributed by atoms with Crippen LogP contribution in [0.1, 0.15) is 40.2 Å². The number of anilines is 2. The topological polar surface area (TPSA) is 67.4 Å². The molecule has 0 bridgehead atoms. The molecule has 0 atom stereocenters. The lowest BCUT2D eigenvalue weighted by atomic mass is 9.90. The molecule has 0 aliphatic heterocycles. The third-order valence-electron chi connectivity index (χ3n) is 4.28. The summed E-state index contributed by atoms with van der Waals surface area (Å²) in [6, 6.07) is 14.8. The number of nitrogens with one attached hydrogen (secondary N) is 2. The highest BCUT2D eigenvalue weighted by molar-refractivity contribution is 6.14. The molecule has 2 aromatic rings. The smallest absolute Gasteiger partial charge is 0.239 e. The van der Waals surface area contributed by atoms with Crippen LogP contribution in [0.2, 0.25) is 0 Å². The Labute approximate surface area is 161 Å². The van der Waals surface area contributed by atoms with Crippen molar-refractivity contribution in [2.75, 3.05) is 10.6 Å². The SMILES string of the molecule is CCc1ccccc1NC(=O)C(C)(C)C(=O)Nc1ccccc1OC(C)C. The van der Waals surface area contributed by atoms with Gasteiger partial charge < -0.3 is 15.4 Å². The molecule has 2 amide bonds. The van der Waals surface area contributed by atoms with Crippen LogP contribution in [0, 0.1) is 5.41 Å². The number of amides is 2. The minimum Gasteiger partial charge on any atom is -0.489 e. The Morgan fingerprint density at radius 2 is 1.44 bits per heavy atom. The Morgan fingerprint density at radius 3 is 2.04 bits per heavy atom. The van der Waals surface area contributed by atoms with Crippen molar-refractivity contribution in [3.63, 3.8) is 0 Å². The quantitative estimate of drug-likeness (QED) is 0.700. The van der Waals surface area contributed by atoms with E-state index in [9.17, 15) is 9.59 Å². The summed E-state index contributed by atoms with van der Waals surface area (Å²) >= 11 is 0. The zero-order valence-corrected chi connectivity index (χ0v) is 16.6. The number of aryl methyl sites for hydroxylation is 1. The van der Waals surface area contributed by atoms with Crippen LogP contribution in [-0.4, -0.2) is 17.9 Å². The lowest BCUT2D eigenvalue weighted by Gasteiger charge is -2.24. The molecule has 0 unspecified atom stereocenters. The van der Waals surface area contributed by atoms with Crippen molar-refractivity contribution in [3.8, 4) is 5.75 Å². The average molecular weight is 368 g/mol. The van der Waals surface area contributed by atoms with Crippen LogP contribution >= 0.6 is 0 Å². The van der Waals surface area contributed by atoms with E-state index < -0.39 is 11.3 Å². The lowest BCUT2D eigenvalue weighted by molar-refractivity contribution is -0.135. The van der Waals surface area contributed by atoms with E-state index in [0.717, 1.165) is 17.7 Å². The molecule has 0 saturated heterocycles. The van der Waals surface area contributed by atoms with Crippen molar-refractivity contribution in [1.29, 1.82) is 0 Å². The second kappa shape index (κ2) is 8.71. The molecule has 0 aromatic heterocycles. The summed E-state index contributed by atoms with van der Waals surface area (Å²) in [6.45, 7) is 9.08. The maximum atomic E-state index is 12.8. The van der Waals surface area contributed by atoms with Gasteiger partial charge in [0.1, 0.15) is 11.2 Å². The van der Waals surface area contributed by atoms with Crippen molar-refractivity contribution in [2.45, 2.75) is 47.1 Å². The summed E-state index contributed by atoms with van der Waals surface area (Å²) in [4.78, 5) is 25.6. The Balaban J connectivity index is 2.16. The minimum absolute atomic E-state index is 0.0232. The number of ether oxygens (including phenoxy) is 1. The molecule has 2 rings (SSSR count). The van der Waals surface area contributed by atoms with Crippen LogP contribution in [0.15, 0.2) is 48.5 Å². The molecule has 0 aliphatic carbocycles. The second-order valence-electron chi connectivity index (χ2n) is 7.21. The van der Waals surface area contributed by atoms with Gasteiger partial charge in [-0.05, 0) is 57.9 Å². The minimum atomic E-state index is -1.26. The fraction of sp³-hybridized carbons (Fsp3) is 0.364. The molecule has 0 fully saturated rings. The third kappa shape index (κ3) is 5.09. The average Bonchev–Trinajstić information content (AvgIpc) is 2.63. The lowest BCUT2D eigenvalue weighted by Crippen LogP contribution is -2.41. The van der Waals surface area contributed by atoms with Gasteiger partial charge in [0, 0.05) is 5.69 Å². The first kappa shape index (κ1) is 20.5. The van der Waals surface area contributed by atoms with Crippen molar-refractivity contribution in [3.05, 3.63) is 54.1 Å². The zero-order chi connectivity index (χ0) is 20.0. The largest absolute Gasteiger partial charge is 0.489 e. The van der Waals surface area contributed by atoms with Crippen molar-refractivity contribution in [1.82, 2.24) is 0 Å². The van der Waals surface area contributed by atoms with E-state index >= 15 is 0 Å². The molecule has 0 heterocycles. The maximum absolute atomic E-state index is 12.8. The highest BCUT2D eigenvalue weighted by Gasteiger charge is 2.36. The number of carbonyl (C=O) groups is 2. The fourth-order valence-electron chi connectivity index (χ4n) is 2.54. The molecule has 0 saturated carbocycles. The van der Waals surface area contributed by atoms with Crippen LogP contribution in [0.3, 0.4) is 0 Å². The molecule has 0 radical (unpaired) electrons. The molecule has 0 aliphatic rings. The van der Waals surface area contributed by atoms with Gasteiger partial charge in [0.05, 0.1) is 11.8 Å². The molecule has 5 heteroatoms. The number of para-hydroxylation sites is 3. The maximum Gasteiger partial charge on any atom is 0.239 e. The van der Waals surface area contributed by atoms with E-state index in [1.54, 1.807) is 26.0 Å². The molecule has 2 N–H and O–H groups in total. The van der Waals surface area contributed by atoms with Gasteiger partial charge >= 0.3 is 0 Å². The number of rotatable bonds is 7. The van der Waals surface area contributed by atoms with Gasteiger partial charge in [-0.25, -0.2) is 0 Å². The van der Waals surface area contributed by atoms with E-state index in [-0.39, 0.29) is 12.0 Å². The summed E-state index contributed by atoms with van der Waals surface area (Å²) in [5.74, 6) is -0.176. The molecule has 2 aromatic carbocycles. The predicted octanol–water partition coefficient (Wildman–Crippen LogP) is 4.64. The van der Waals surface area contributed by atoms with Gasteiger partial charge in [0.25, 0.3) is 0 Å². The van der Waals surface area contributed by atoms with Crippen LogP contribution in [-0.2, 0) is 16.0 Å². The van der Waals surface area contributed by atoms with E-state index in [1.165, 1.54) is 0 Å². The highest BCUT2D eigenvalue weighted by Crippen LogP contribution is 2.28. The molecule has 0 spiro atoms. The number of hydrogen-bond acceptors (Lipinski definition) is 3. The van der Waals surface area contributed by atoms with Crippen molar-refractivity contribution >= 4 is 23.2 Å². The Hall–Kier alpha value is -2.82. The van der Waals surface area contributed by atoms with Gasteiger partial charge in [-0.15, -0.1) is 0 Å². The van der Waals surface area contributed by atoms with Gasteiger partial charge in [0.15, 0.2) is 0 Å². The molecular weight excluding hydrogens is 340 g/mol. The number of hydrogen-bond donors (Lipinski definition) is 2. The first-order valence-corrected chi connectivity index (χ1v) is 9.22. The third-order valence-corrected chi connectivity index (χ3v) is 4.28. The van der Waals surface area contributed by atoms with Crippen molar-refractivity contribution in [2.24, 2.45) is 5.41 Å².